The van der Waals surface area contributed by atoms with E-state index in [2.05, 4.69) is 24.3 Å². The van der Waals surface area contributed by atoms with E-state index >= 15 is 0 Å². The molecule has 0 spiro atoms. The van der Waals surface area contributed by atoms with Crippen molar-refractivity contribution in [1.29, 1.82) is 0 Å². The third-order valence-electron chi connectivity index (χ3n) is 4.66. The third-order valence-corrected chi connectivity index (χ3v) is 4.66. The van der Waals surface area contributed by atoms with E-state index in [4.69, 9.17) is 0 Å². The van der Waals surface area contributed by atoms with E-state index in [0.29, 0.717) is 11.6 Å². The van der Waals surface area contributed by atoms with Gasteiger partial charge < -0.3 is 15.3 Å². The number of likely N-dealkylation sites (N-methyl/N-ethyl adjacent to an activating group) is 1. The summed E-state index contributed by atoms with van der Waals surface area (Å²) < 4.78 is 0. The number of aliphatic hydroxyl groups excluding tert-OH is 1. The van der Waals surface area contributed by atoms with Crippen LogP contribution in [0.1, 0.15) is 44.9 Å². The molecule has 0 aromatic carbocycles. The SMILES string of the molecule is CN(C)C1(CN[C@@H]2CCC[C@H]2O)CCCC1. The van der Waals surface area contributed by atoms with Gasteiger partial charge in [0.1, 0.15) is 0 Å². The lowest BCUT2D eigenvalue weighted by Crippen LogP contribution is -2.52. The minimum atomic E-state index is -0.111. The predicted molar refractivity (Wildman–Crippen MR) is 66.5 cm³/mol. The van der Waals surface area contributed by atoms with Crippen molar-refractivity contribution in [3.05, 3.63) is 0 Å². The van der Waals surface area contributed by atoms with Crippen LogP contribution in [-0.2, 0) is 0 Å². The molecule has 0 aromatic heterocycles. The highest BCUT2D eigenvalue weighted by molar-refractivity contribution is 4.96. The van der Waals surface area contributed by atoms with Gasteiger partial charge in [0.15, 0.2) is 0 Å². The van der Waals surface area contributed by atoms with E-state index in [1.54, 1.807) is 0 Å². The van der Waals surface area contributed by atoms with Gasteiger partial charge in [-0.25, -0.2) is 0 Å². The van der Waals surface area contributed by atoms with Crippen molar-refractivity contribution in [2.45, 2.75) is 62.6 Å². The maximum absolute atomic E-state index is 9.81. The molecule has 0 aliphatic heterocycles. The van der Waals surface area contributed by atoms with Crippen LogP contribution in [0.5, 0.6) is 0 Å². The Morgan fingerprint density at radius 3 is 2.38 bits per heavy atom. The molecule has 0 unspecified atom stereocenters. The summed E-state index contributed by atoms with van der Waals surface area (Å²) in [6.07, 6.45) is 8.50. The fourth-order valence-electron chi connectivity index (χ4n) is 3.31. The number of hydrogen-bond donors (Lipinski definition) is 2. The van der Waals surface area contributed by atoms with Gasteiger partial charge in [-0.05, 0) is 46.2 Å². The Balaban J connectivity index is 1.87. The molecular weight excluding hydrogens is 200 g/mol. The second-order valence-electron chi connectivity index (χ2n) is 5.81. The highest BCUT2D eigenvalue weighted by Gasteiger charge is 2.37. The van der Waals surface area contributed by atoms with Crippen LogP contribution < -0.4 is 5.32 Å². The number of rotatable bonds is 4. The molecular formula is C13H26N2O. The molecule has 2 rings (SSSR count). The Bertz CT molecular complexity index is 224. The molecule has 94 valence electrons. The number of nitrogens with zero attached hydrogens (tertiary/aromatic N) is 1. The molecule has 0 amide bonds. The van der Waals surface area contributed by atoms with Gasteiger partial charge in [0, 0.05) is 18.1 Å². The first-order valence-corrected chi connectivity index (χ1v) is 6.73. The van der Waals surface area contributed by atoms with Crippen molar-refractivity contribution in [3.8, 4) is 0 Å². The summed E-state index contributed by atoms with van der Waals surface area (Å²) in [6.45, 7) is 1.04. The van der Waals surface area contributed by atoms with Crippen LogP contribution in [0.15, 0.2) is 0 Å². The number of nitrogens with one attached hydrogen (secondary N) is 1. The van der Waals surface area contributed by atoms with E-state index < -0.39 is 0 Å². The molecule has 2 N–H and O–H groups in total. The molecule has 3 nitrogen and oxygen atoms in total. The van der Waals surface area contributed by atoms with E-state index in [1.807, 2.05) is 0 Å². The average Bonchev–Trinajstić information content (AvgIpc) is 2.84. The van der Waals surface area contributed by atoms with Crippen molar-refractivity contribution in [2.24, 2.45) is 0 Å². The van der Waals surface area contributed by atoms with Crippen molar-refractivity contribution in [1.82, 2.24) is 10.2 Å². The van der Waals surface area contributed by atoms with Gasteiger partial charge in [-0.2, -0.15) is 0 Å². The Kier molecular flexibility index (Phi) is 3.88. The second-order valence-corrected chi connectivity index (χ2v) is 5.81. The van der Waals surface area contributed by atoms with Crippen molar-refractivity contribution in [3.63, 3.8) is 0 Å². The zero-order valence-corrected chi connectivity index (χ0v) is 10.7. The second kappa shape index (κ2) is 5.03. The van der Waals surface area contributed by atoms with Gasteiger partial charge in [-0.3, -0.25) is 0 Å². The summed E-state index contributed by atoms with van der Waals surface area (Å²) >= 11 is 0. The normalized spacial score (nSPS) is 33.8. The van der Waals surface area contributed by atoms with Crippen LogP contribution in [0.25, 0.3) is 0 Å². The Morgan fingerprint density at radius 2 is 1.88 bits per heavy atom. The maximum atomic E-state index is 9.81. The molecule has 0 saturated heterocycles. The fourth-order valence-corrected chi connectivity index (χ4v) is 3.31. The average molecular weight is 226 g/mol. The molecule has 2 saturated carbocycles. The monoisotopic (exact) mass is 226 g/mol. The van der Waals surface area contributed by atoms with Crippen molar-refractivity contribution < 1.29 is 5.11 Å². The summed E-state index contributed by atoms with van der Waals surface area (Å²) in [5.74, 6) is 0. The van der Waals surface area contributed by atoms with Gasteiger partial charge in [0.05, 0.1) is 6.10 Å². The van der Waals surface area contributed by atoms with Crippen LogP contribution >= 0.6 is 0 Å². The summed E-state index contributed by atoms with van der Waals surface area (Å²) in [7, 11) is 4.39. The van der Waals surface area contributed by atoms with Gasteiger partial charge >= 0.3 is 0 Å². The predicted octanol–water partition coefficient (Wildman–Crippen LogP) is 1.36. The lowest BCUT2D eigenvalue weighted by atomic mass is 9.95. The van der Waals surface area contributed by atoms with Crippen LogP contribution in [0, 0.1) is 0 Å². The van der Waals surface area contributed by atoms with E-state index in [9.17, 15) is 5.11 Å². The highest BCUT2D eigenvalue weighted by Crippen LogP contribution is 2.33. The number of hydrogen-bond acceptors (Lipinski definition) is 3. The van der Waals surface area contributed by atoms with Crippen LogP contribution in [0.4, 0.5) is 0 Å². The van der Waals surface area contributed by atoms with Crippen molar-refractivity contribution >= 4 is 0 Å². The topological polar surface area (TPSA) is 35.5 Å². The molecule has 2 atom stereocenters. The molecule has 0 bridgehead atoms. The third kappa shape index (κ3) is 2.41. The summed E-state index contributed by atoms with van der Waals surface area (Å²) in [6, 6.07) is 0.345. The van der Waals surface area contributed by atoms with Gasteiger partial charge in [0.25, 0.3) is 0 Å². The molecule has 2 aliphatic carbocycles. The Hall–Kier alpha value is -0.120. The molecule has 0 heterocycles. The molecule has 0 aromatic rings. The van der Waals surface area contributed by atoms with Gasteiger partial charge in [-0.1, -0.05) is 12.8 Å². The van der Waals surface area contributed by atoms with Crippen molar-refractivity contribution in [2.75, 3.05) is 20.6 Å². The first kappa shape index (κ1) is 12.3. The van der Waals surface area contributed by atoms with Crippen LogP contribution in [-0.4, -0.2) is 48.3 Å². The van der Waals surface area contributed by atoms with E-state index in [-0.39, 0.29) is 6.10 Å². The lowest BCUT2D eigenvalue weighted by Gasteiger charge is -2.38. The van der Waals surface area contributed by atoms with Gasteiger partial charge in [0.2, 0.25) is 0 Å². The first-order chi connectivity index (χ1) is 7.64. The summed E-state index contributed by atoms with van der Waals surface area (Å²) in [5, 5.41) is 13.4. The quantitative estimate of drug-likeness (QED) is 0.760. The maximum Gasteiger partial charge on any atom is 0.0693 e. The highest BCUT2D eigenvalue weighted by atomic mass is 16.3. The minimum absolute atomic E-state index is 0.111. The molecule has 2 fully saturated rings. The minimum Gasteiger partial charge on any atom is -0.392 e. The first-order valence-electron chi connectivity index (χ1n) is 6.73. The van der Waals surface area contributed by atoms with Crippen LogP contribution in [0.2, 0.25) is 0 Å². The smallest absolute Gasteiger partial charge is 0.0693 e. The Morgan fingerprint density at radius 1 is 1.19 bits per heavy atom. The van der Waals surface area contributed by atoms with Gasteiger partial charge in [-0.15, -0.1) is 0 Å². The van der Waals surface area contributed by atoms with E-state index in [1.165, 1.54) is 32.1 Å². The lowest BCUT2D eigenvalue weighted by molar-refractivity contribution is 0.116. The Labute approximate surface area is 99.2 Å². The molecule has 3 heteroatoms. The number of aliphatic hydroxyl groups is 1. The zero-order chi connectivity index (χ0) is 11.6. The zero-order valence-electron chi connectivity index (χ0n) is 10.7. The summed E-state index contributed by atoms with van der Waals surface area (Å²) in [5.41, 5.74) is 0.350. The van der Waals surface area contributed by atoms with E-state index in [0.717, 1.165) is 19.4 Å². The largest absolute Gasteiger partial charge is 0.392 e. The molecule has 0 radical (unpaired) electrons. The van der Waals surface area contributed by atoms with Crippen LogP contribution in [0.3, 0.4) is 0 Å². The summed E-state index contributed by atoms with van der Waals surface area (Å²) in [4.78, 5) is 2.38. The fraction of sp³-hybridized carbons (Fsp3) is 1.00. The molecule has 2 aliphatic rings. The standard InChI is InChI=1S/C13H26N2O/c1-15(2)13(8-3-4-9-13)10-14-11-6-5-7-12(11)16/h11-12,14,16H,3-10H2,1-2H3/t11-,12-/m1/s1. The molecule has 16 heavy (non-hydrogen) atoms.